The minimum Gasteiger partial charge on any atom is -0.393 e. The second-order valence-corrected chi connectivity index (χ2v) is 4.61. The van der Waals surface area contributed by atoms with E-state index in [0.29, 0.717) is 29.8 Å². The van der Waals surface area contributed by atoms with E-state index in [2.05, 4.69) is 10.4 Å². The Balaban J connectivity index is 2.65. The number of aryl methyl sites for hydroxylation is 2. The van der Waals surface area contributed by atoms with Gasteiger partial charge in [-0.05, 0) is 26.7 Å². The molecule has 0 aliphatic rings. The number of nitrogens with zero attached hydrogens (tertiary/aromatic N) is 2. The fourth-order valence-electron chi connectivity index (χ4n) is 1.85. The molecular formula is C13H21N3O3. The minimum atomic E-state index is -0.650. The van der Waals surface area contributed by atoms with Crippen LogP contribution in [0.1, 0.15) is 41.5 Å². The van der Waals surface area contributed by atoms with Gasteiger partial charge < -0.3 is 10.4 Å². The highest BCUT2D eigenvalue weighted by Gasteiger charge is 2.23. The van der Waals surface area contributed by atoms with Crippen molar-refractivity contribution in [2.45, 2.75) is 39.7 Å². The highest BCUT2D eigenvalue weighted by atomic mass is 16.3. The topological polar surface area (TPSA) is 84.2 Å². The van der Waals surface area contributed by atoms with Gasteiger partial charge in [0.15, 0.2) is 0 Å². The summed E-state index contributed by atoms with van der Waals surface area (Å²) in [5.41, 5.74) is 1.58. The van der Waals surface area contributed by atoms with Crippen LogP contribution < -0.4 is 5.32 Å². The lowest BCUT2D eigenvalue weighted by Gasteiger charge is -2.08. The minimum absolute atomic E-state index is 0.290. The zero-order valence-electron chi connectivity index (χ0n) is 11.9. The third-order valence-corrected chi connectivity index (χ3v) is 3.18. The predicted octanol–water partition coefficient (Wildman–Crippen LogP) is 0.497. The van der Waals surface area contributed by atoms with E-state index in [4.69, 9.17) is 0 Å². The lowest BCUT2D eigenvalue weighted by Crippen LogP contribution is -2.33. The largest absolute Gasteiger partial charge is 0.393 e. The van der Waals surface area contributed by atoms with Crippen LogP contribution >= 0.6 is 0 Å². The average molecular weight is 267 g/mol. The van der Waals surface area contributed by atoms with E-state index in [9.17, 15) is 14.7 Å². The molecule has 2 N–H and O–H groups in total. The molecule has 0 saturated carbocycles. The van der Waals surface area contributed by atoms with Crippen LogP contribution in [0.4, 0.5) is 0 Å². The molecule has 19 heavy (non-hydrogen) atoms. The number of Topliss-reactive ketones (excluding diaryl/α,β-unsaturated/α-hetero) is 1. The van der Waals surface area contributed by atoms with Gasteiger partial charge in [-0.15, -0.1) is 0 Å². The van der Waals surface area contributed by atoms with Gasteiger partial charge in [-0.2, -0.15) is 5.10 Å². The van der Waals surface area contributed by atoms with Crippen LogP contribution in [-0.4, -0.2) is 39.2 Å². The van der Waals surface area contributed by atoms with E-state index in [-0.39, 0.29) is 6.54 Å². The monoisotopic (exact) mass is 267 g/mol. The quantitative estimate of drug-likeness (QED) is 0.580. The van der Waals surface area contributed by atoms with Crippen LogP contribution in [0.3, 0.4) is 0 Å². The second-order valence-electron chi connectivity index (χ2n) is 4.61. The first kappa shape index (κ1) is 15.4. The molecule has 0 aliphatic carbocycles. The van der Waals surface area contributed by atoms with Gasteiger partial charge in [0, 0.05) is 19.3 Å². The fourth-order valence-corrected chi connectivity index (χ4v) is 1.85. The molecule has 1 amide bonds. The molecule has 6 nitrogen and oxygen atoms in total. The van der Waals surface area contributed by atoms with Crippen molar-refractivity contribution in [2.24, 2.45) is 7.05 Å². The van der Waals surface area contributed by atoms with Crippen LogP contribution in [0.5, 0.6) is 0 Å². The number of hydrogen-bond donors (Lipinski definition) is 2. The van der Waals surface area contributed by atoms with Gasteiger partial charge in [-0.3, -0.25) is 14.3 Å². The SMILES string of the molecule is CCC(O)CCNC(=O)C(=O)c1c(C)nn(C)c1C. The highest BCUT2D eigenvalue weighted by molar-refractivity contribution is 6.43. The third-order valence-electron chi connectivity index (χ3n) is 3.18. The van der Waals surface area contributed by atoms with Gasteiger partial charge in [-0.25, -0.2) is 0 Å². The highest BCUT2D eigenvalue weighted by Crippen LogP contribution is 2.12. The normalized spacial score (nSPS) is 12.3. The van der Waals surface area contributed by atoms with Gasteiger partial charge in [0.2, 0.25) is 0 Å². The Kier molecular flexibility index (Phi) is 5.23. The Morgan fingerprint density at radius 2 is 2.05 bits per heavy atom. The average Bonchev–Trinajstić information content (AvgIpc) is 2.62. The molecule has 0 fully saturated rings. The summed E-state index contributed by atoms with van der Waals surface area (Å²) < 4.78 is 1.58. The molecule has 0 bridgehead atoms. The Hall–Kier alpha value is -1.69. The molecular weight excluding hydrogens is 246 g/mol. The zero-order valence-corrected chi connectivity index (χ0v) is 11.9. The molecule has 6 heteroatoms. The first-order chi connectivity index (χ1) is 8.88. The molecule has 0 radical (unpaired) electrons. The molecule has 1 rings (SSSR count). The van der Waals surface area contributed by atoms with Crippen molar-refractivity contribution in [3.05, 3.63) is 17.0 Å². The number of amides is 1. The maximum Gasteiger partial charge on any atom is 0.292 e. The van der Waals surface area contributed by atoms with Crippen molar-refractivity contribution in [3.8, 4) is 0 Å². The number of carbonyl (C=O) groups excluding carboxylic acids is 2. The molecule has 1 aromatic heterocycles. The summed E-state index contributed by atoms with van der Waals surface area (Å²) >= 11 is 0. The molecule has 1 unspecified atom stereocenters. The molecule has 0 spiro atoms. The summed E-state index contributed by atoms with van der Waals surface area (Å²) in [4.78, 5) is 23.8. The van der Waals surface area contributed by atoms with E-state index in [1.807, 2.05) is 6.92 Å². The van der Waals surface area contributed by atoms with Crippen molar-refractivity contribution in [1.82, 2.24) is 15.1 Å². The Morgan fingerprint density at radius 3 is 2.53 bits per heavy atom. The van der Waals surface area contributed by atoms with Crippen LogP contribution in [0.2, 0.25) is 0 Å². The summed E-state index contributed by atoms with van der Waals surface area (Å²) in [6, 6.07) is 0. The van der Waals surface area contributed by atoms with Gasteiger partial charge in [0.1, 0.15) is 0 Å². The summed E-state index contributed by atoms with van der Waals surface area (Å²) in [7, 11) is 1.73. The van der Waals surface area contributed by atoms with E-state index in [1.54, 1.807) is 25.6 Å². The molecule has 1 aromatic rings. The fraction of sp³-hybridized carbons (Fsp3) is 0.615. The van der Waals surface area contributed by atoms with Gasteiger partial charge >= 0.3 is 0 Å². The predicted molar refractivity (Wildman–Crippen MR) is 70.9 cm³/mol. The summed E-state index contributed by atoms with van der Waals surface area (Å²) in [6.07, 6.45) is 0.628. The lowest BCUT2D eigenvalue weighted by molar-refractivity contribution is -0.117. The van der Waals surface area contributed by atoms with Gasteiger partial charge in [-0.1, -0.05) is 6.92 Å². The van der Waals surface area contributed by atoms with E-state index < -0.39 is 17.8 Å². The number of aliphatic hydroxyl groups excluding tert-OH is 1. The van der Waals surface area contributed by atoms with E-state index in [1.165, 1.54) is 0 Å². The van der Waals surface area contributed by atoms with Crippen molar-refractivity contribution in [3.63, 3.8) is 0 Å². The Labute approximate surface area is 112 Å². The number of aromatic nitrogens is 2. The van der Waals surface area contributed by atoms with Crippen molar-refractivity contribution in [2.75, 3.05) is 6.54 Å². The maximum absolute atomic E-state index is 12.0. The smallest absolute Gasteiger partial charge is 0.292 e. The first-order valence-corrected chi connectivity index (χ1v) is 6.39. The number of aliphatic hydroxyl groups is 1. The van der Waals surface area contributed by atoms with Crippen molar-refractivity contribution >= 4 is 11.7 Å². The summed E-state index contributed by atoms with van der Waals surface area (Å²) in [5, 5.41) is 16.0. The molecule has 1 atom stereocenters. The van der Waals surface area contributed by atoms with Crippen molar-refractivity contribution < 1.29 is 14.7 Å². The Bertz CT molecular complexity index is 480. The third kappa shape index (κ3) is 3.64. The number of ketones is 1. The number of carbonyl (C=O) groups is 2. The second kappa shape index (κ2) is 6.47. The van der Waals surface area contributed by atoms with Crippen LogP contribution in [0.25, 0.3) is 0 Å². The molecule has 0 saturated heterocycles. The van der Waals surface area contributed by atoms with E-state index >= 15 is 0 Å². The number of nitrogens with one attached hydrogen (secondary N) is 1. The standard InChI is InChI=1S/C13H21N3O3/c1-5-10(17)6-7-14-13(19)12(18)11-8(2)15-16(4)9(11)3/h10,17H,5-7H2,1-4H3,(H,14,19). The first-order valence-electron chi connectivity index (χ1n) is 6.39. The van der Waals surface area contributed by atoms with Gasteiger partial charge in [0.05, 0.1) is 17.4 Å². The Morgan fingerprint density at radius 1 is 1.42 bits per heavy atom. The maximum atomic E-state index is 12.0. The van der Waals surface area contributed by atoms with Crippen LogP contribution in [0.15, 0.2) is 0 Å². The molecule has 0 aromatic carbocycles. The molecule has 106 valence electrons. The summed E-state index contributed by atoms with van der Waals surface area (Å²) in [5.74, 6) is -1.23. The number of hydrogen-bond acceptors (Lipinski definition) is 4. The van der Waals surface area contributed by atoms with Crippen LogP contribution in [0, 0.1) is 13.8 Å². The summed E-state index contributed by atoms with van der Waals surface area (Å²) in [6.45, 7) is 5.60. The molecule has 0 aliphatic heterocycles. The number of rotatable bonds is 6. The van der Waals surface area contributed by atoms with E-state index in [0.717, 1.165) is 0 Å². The van der Waals surface area contributed by atoms with Gasteiger partial charge in [0.25, 0.3) is 11.7 Å². The molecule has 1 heterocycles. The van der Waals surface area contributed by atoms with Crippen LogP contribution in [-0.2, 0) is 11.8 Å². The zero-order chi connectivity index (χ0) is 14.6. The van der Waals surface area contributed by atoms with Crippen molar-refractivity contribution in [1.29, 1.82) is 0 Å². The lowest BCUT2D eigenvalue weighted by atomic mass is 10.1.